The third-order valence-corrected chi connectivity index (χ3v) is 4.29. The van der Waals surface area contributed by atoms with Crippen LogP contribution in [0, 0.1) is 5.82 Å². The number of benzene rings is 2. The molecule has 0 fully saturated rings. The maximum absolute atomic E-state index is 13.0. The van der Waals surface area contributed by atoms with Crippen LogP contribution in [-0.4, -0.2) is 15.3 Å². The van der Waals surface area contributed by atoms with Crippen molar-refractivity contribution in [3.63, 3.8) is 0 Å². The van der Waals surface area contributed by atoms with Gasteiger partial charge in [-0.15, -0.1) is 0 Å². The molecule has 1 atom stereocenters. The van der Waals surface area contributed by atoms with Gasteiger partial charge in [0.25, 0.3) is 0 Å². The predicted octanol–water partition coefficient (Wildman–Crippen LogP) is 3.49. The number of carbonyl (C=O) groups is 1. The van der Waals surface area contributed by atoms with Crippen LogP contribution in [0.1, 0.15) is 15.9 Å². The molecular formula is C14H10ClFO3S. The third-order valence-electron chi connectivity index (χ3n) is 2.63. The highest BCUT2D eigenvalue weighted by molar-refractivity contribution is 7.84. The van der Waals surface area contributed by atoms with Crippen LogP contribution in [0.5, 0.6) is 0 Å². The highest BCUT2D eigenvalue weighted by atomic mass is 35.5. The highest BCUT2D eigenvalue weighted by Crippen LogP contribution is 2.19. The Morgan fingerprint density at radius 1 is 1.25 bits per heavy atom. The molecule has 0 saturated heterocycles. The minimum absolute atomic E-state index is 0.0289. The molecule has 3 nitrogen and oxygen atoms in total. The molecule has 0 aliphatic heterocycles. The fourth-order valence-corrected chi connectivity index (χ4v) is 2.98. The Morgan fingerprint density at radius 3 is 2.65 bits per heavy atom. The zero-order chi connectivity index (χ0) is 14.7. The van der Waals surface area contributed by atoms with Crippen molar-refractivity contribution in [2.75, 3.05) is 0 Å². The molecule has 0 bridgehead atoms. The molecule has 1 unspecified atom stereocenters. The van der Waals surface area contributed by atoms with Crippen molar-refractivity contribution in [3.8, 4) is 0 Å². The van der Waals surface area contributed by atoms with Crippen LogP contribution < -0.4 is 0 Å². The lowest BCUT2D eigenvalue weighted by atomic mass is 10.2. The minimum atomic E-state index is -1.42. The van der Waals surface area contributed by atoms with Gasteiger partial charge in [-0.3, -0.25) is 4.21 Å². The molecule has 0 saturated carbocycles. The van der Waals surface area contributed by atoms with Crippen molar-refractivity contribution >= 4 is 28.4 Å². The molecule has 0 heterocycles. The summed E-state index contributed by atoms with van der Waals surface area (Å²) >= 11 is 5.66. The summed E-state index contributed by atoms with van der Waals surface area (Å²) in [5, 5.41) is 8.86. The summed E-state index contributed by atoms with van der Waals surface area (Å²) in [6, 6.07) is 10.0. The van der Waals surface area contributed by atoms with E-state index in [0.717, 1.165) is 0 Å². The molecule has 20 heavy (non-hydrogen) atoms. The van der Waals surface area contributed by atoms with Crippen molar-refractivity contribution in [1.29, 1.82) is 0 Å². The van der Waals surface area contributed by atoms with Crippen LogP contribution in [0.2, 0.25) is 5.02 Å². The number of hydrogen-bond donors (Lipinski definition) is 1. The van der Waals surface area contributed by atoms with Crippen LogP contribution in [0.3, 0.4) is 0 Å². The second-order valence-corrected chi connectivity index (χ2v) is 5.93. The Hall–Kier alpha value is -1.72. The van der Waals surface area contributed by atoms with Gasteiger partial charge in [0.05, 0.1) is 27.1 Å². The lowest BCUT2D eigenvalue weighted by Gasteiger charge is -2.05. The molecule has 0 aromatic heterocycles. The minimum Gasteiger partial charge on any atom is -0.478 e. The van der Waals surface area contributed by atoms with Gasteiger partial charge in [-0.2, -0.15) is 0 Å². The van der Waals surface area contributed by atoms with E-state index in [1.807, 2.05) is 0 Å². The zero-order valence-electron chi connectivity index (χ0n) is 10.2. The first-order chi connectivity index (χ1) is 9.47. The van der Waals surface area contributed by atoms with Gasteiger partial charge in [0.1, 0.15) is 5.82 Å². The molecule has 0 spiro atoms. The molecular weight excluding hydrogens is 303 g/mol. The second-order valence-electron chi connectivity index (χ2n) is 4.07. The van der Waals surface area contributed by atoms with Crippen LogP contribution in [0.25, 0.3) is 0 Å². The fourth-order valence-electron chi connectivity index (χ4n) is 1.63. The Labute approximate surface area is 122 Å². The van der Waals surface area contributed by atoms with Gasteiger partial charge in [-0.1, -0.05) is 23.7 Å². The van der Waals surface area contributed by atoms with Crippen molar-refractivity contribution < 1.29 is 18.5 Å². The summed E-state index contributed by atoms with van der Waals surface area (Å²) in [5.41, 5.74) is 0.698. The molecule has 2 aromatic rings. The maximum Gasteiger partial charge on any atom is 0.335 e. The van der Waals surface area contributed by atoms with Crippen LogP contribution in [0.4, 0.5) is 4.39 Å². The Morgan fingerprint density at radius 2 is 2.00 bits per heavy atom. The summed E-state index contributed by atoms with van der Waals surface area (Å²) in [6.45, 7) is 0. The standard InChI is InChI=1S/C14H10ClFO3S/c15-12-6-9(4-5-13(12)16)8-20(19)11-3-1-2-10(7-11)14(17)18/h1-7H,8H2,(H,17,18). The number of halogens is 2. The zero-order valence-corrected chi connectivity index (χ0v) is 11.7. The molecule has 6 heteroatoms. The molecule has 2 aromatic carbocycles. The Kier molecular flexibility index (Phi) is 4.52. The van der Waals surface area contributed by atoms with Crippen molar-refractivity contribution in [2.45, 2.75) is 10.6 Å². The lowest BCUT2D eigenvalue weighted by Crippen LogP contribution is -2.01. The van der Waals surface area contributed by atoms with E-state index in [0.29, 0.717) is 10.5 Å². The molecule has 0 aliphatic carbocycles. The average Bonchev–Trinajstić information content (AvgIpc) is 2.43. The topological polar surface area (TPSA) is 54.4 Å². The molecule has 0 amide bonds. The summed E-state index contributed by atoms with van der Waals surface area (Å²) in [7, 11) is -1.42. The number of rotatable bonds is 4. The van der Waals surface area contributed by atoms with Gasteiger partial charge in [-0.25, -0.2) is 9.18 Å². The third kappa shape index (κ3) is 3.43. The smallest absolute Gasteiger partial charge is 0.335 e. The molecule has 2 rings (SSSR count). The van der Waals surface area contributed by atoms with Crippen molar-refractivity contribution in [3.05, 3.63) is 64.4 Å². The summed E-state index contributed by atoms with van der Waals surface area (Å²) in [4.78, 5) is 11.3. The van der Waals surface area contributed by atoms with Gasteiger partial charge >= 0.3 is 5.97 Å². The second kappa shape index (κ2) is 6.15. The molecule has 0 aliphatic rings. The van der Waals surface area contributed by atoms with Crippen LogP contribution in [-0.2, 0) is 16.6 Å². The van der Waals surface area contributed by atoms with E-state index in [9.17, 15) is 13.4 Å². The van der Waals surface area contributed by atoms with E-state index in [1.165, 1.54) is 36.4 Å². The summed E-state index contributed by atoms with van der Waals surface area (Å²) < 4.78 is 25.2. The normalized spacial score (nSPS) is 12.1. The highest BCUT2D eigenvalue weighted by Gasteiger charge is 2.10. The van der Waals surface area contributed by atoms with Gasteiger partial charge in [0.2, 0.25) is 0 Å². The Balaban J connectivity index is 2.21. The first-order valence-electron chi connectivity index (χ1n) is 5.63. The first-order valence-corrected chi connectivity index (χ1v) is 7.33. The quantitative estimate of drug-likeness (QED) is 0.940. The van der Waals surface area contributed by atoms with Gasteiger partial charge < -0.3 is 5.11 Å². The molecule has 0 radical (unpaired) electrons. The van der Waals surface area contributed by atoms with Gasteiger partial charge in [-0.05, 0) is 35.9 Å². The van der Waals surface area contributed by atoms with Crippen LogP contribution in [0.15, 0.2) is 47.4 Å². The summed E-state index contributed by atoms with van der Waals surface area (Å²) in [5.74, 6) is -1.47. The van der Waals surface area contributed by atoms with Gasteiger partial charge in [0.15, 0.2) is 0 Å². The Bertz CT molecular complexity index is 688. The van der Waals surface area contributed by atoms with E-state index in [-0.39, 0.29) is 16.3 Å². The van der Waals surface area contributed by atoms with E-state index in [2.05, 4.69) is 0 Å². The SMILES string of the molecule is O=C(O)c1cccc(S(=O)Cc2ccc(F)c(Cl)c2)c1. The van der Waals surface area contributed by atoms with E-state index in [1.54, 1.807) is 6.07 Å². The van der Waals surface area contributed by atoms with E-state index in [4.69, 9.17) is 16.7 Å². The van der Waals surface area contributed by atoms with Crippen molar-refractivity contribution in [1.82, 2.24) is 0 Å². The first kappa shape index (κ1) is 14.7. The lowest BCUT2D eigenvalue weighted by molar-refractivity contribution is 0.0696. The number of carboxylic acids is 1. The predicted molar refractivity (Wildman–Crippen MR) is 74.9 cm³/mol. The molecule has 1 N–H and O–H groups in total. The maximum atomic E-state index is 13.0. The molecule has 104 valence electrons. The number of aromatic carboxylic acids is 1. The largest absolute Gasteiger partial charge is 0.478 e. The monoisotopic (exact) mass is 312 g/mol. The van der Waals surface area contributed by atoms with Crippen LogP contribution >= 0.6 is 11.6 Å². The van der Waals surface area contributed by atoms with Crippen molar-refractivity contribution in [2.24, 2.45) is 0 Å². The van der Waals surface area contributed by atoms with E-state index >= 15 is 0 Å². The average molecular weight is 313 g/mol. The fraction of sp³-hybridized carbons (Fsp3) is 0.0714. The number of hydrogen-bond acceptors (Lipinski definition) is 2. The summed E-state index contributed by atoms with van der Waals surface area (Å²) in [6.07, 6.45) is 0. The number of carboxylic acid groups (broad SMARTS) is 1. The van der Waals surface area contributed by atoms with E-state index < -0.39 is 22.6 Å². The van der Waals surface area contributed by atoms with Gasteiger partial charge in [0, 0.05) is 4.90 Å².